The van der Waals surface area contributed by atoms with Gasteiger partial charge >= 0.3 is 0 Å². The number of rotatable bonds is 4. The zero-order valence-corrected chi connectivity index (χ0v) is 15.9. The second kappa shape index (κ2) is 6.50. The molecule has 4 aromatic rings. The highest BCUT2D eigenvalue weighted by Gasteiger charge is 2.20. The van der Waals surface area contributed by atoms with E-state index in [2.05, 4.69) is 41.2 Å². The highest BCUT2D eigenvalue weighted by molar-refractivity contribution is 5.88. The number of aromatic nitrogens is 6. The molecule has 0 aliphatic carbocycles. The molecule has 1 aromatic carbocycles. The third-order valence-corrected chi connectivity index (χ3v) is 4.43. The lowest BCUT2D eigenvalue weighted by Crippen LogP contribution is -2.14. The van der Waals surface area contributed by atoms with Crippen LogP contribution in [0.1, 0.15) is 26.5 Å². The van der Waals surface area contributed by atoms with E-state index in [9.17, 15) is 8.78 Å². The molecule has 0 fully saturated rings. The number of nitrogen functional groups attached to an aromatic ring is 1. The van der Waals surface area contributed by atoms with Crippen molar-refractivity contribution in [3.8, 4) is 11.1 Å². The summed E-state index contributed by atoms with van der Waals surface area (Å²) in [5.41, 5.74) is 10.5. The van der Waals surface area contributed by atoms with Crippen molar-refractivity contribution in [2.24, 2.45) is 5.41 Å². The van der Waals surface area contributed by atoms with E-state index in [4.69, 9.17) is 5.73 Å². The zero-order chi connectivity index (χ0) is 20.1. The van der Waals surface area contributed by atoms with E-state index in [1.54, 1.807) is 10.6 Å². The molecular formula is C19H21F2N7. The Balaban J connectivity index is 1.89. The third kappa shape index (κ3) is 3.39. The lowest BCUT2D eigenvalue weighted by Gasteiger charge is -2.18. The summed E-state index contributed by atoms with van der Waals surface area (Å²) in [7, 11) is 0. The van der Waals surface area contributed by atoms with Gasteiger partial charge in [-0.05, 0) is 35.6 Å². The van der Waals surface area contributed by atoms with Gasteiger partial charge in [0.25, 0.3) is 6.43 Å². The summed E-state index contributed by atoms with van der Waals surface area (Å²) in [5.74, 6) is 0.212. The van der Waals surface area contributed by atoms with E-state index in [0.717, 1.165) is 22.3 Å². The number of fused-ring (bicyclic) bond motifs is 2. The lowest BCUT2D eigenvalue weighted by molar-refractivity contribution is 0.122. The third-order valence-electron chi connectivity index (χ3n) is 4.43. The van der Waals surface area contributed by atoms with Crippen LogP contribution in [0.15, 0.2) is 30.5 Å². The normalized spacial score (nSPS) is 12.5. The Morgan fingerprint density at radius 3 is 2.68 bits per heavy atom. The van der Waals surface area contributed by atoms with E-state index < -0.39 is 13.0 Å². The van der Waals surface area contributed by atoms with Crippen LogP contribution in [0.5, 0.6) is 0 Å². The highest BCUT2D eigenvalue weighted by Crippen LogP contribution is 2.32. The molecule has 146 valence electrons. The Morgan fingerprint density at radius 2 is 1.96 bits per heavy atom. The summed E-state index contributed by atoms with van der Waals surface area (Å²) in [6.45, 7) is 5.90. The van der Waals surface area contributed by atoms with Crippen molar-refractivity contribution in [2.75, 3.05) is 5.73 Å². The van der Waals surface area contributed by atoms with Gasteiger partial charge in [-0.25, -0.2) is 23.0 Å². The van der Waals surface area contributed by atoms with Crippen molar-refractivity contribution >= 4 is 22.5 Å². The summed E-state index contributed by atoms with van der Waals surface area (Å²) in [5, 5.41) is 12.1. The van der Waals surface area contributed by atoms with Crippen molar-refractivity contribution in [1.29, 1.82) is 0 Å². The first-order valence-electron chi connectivity index (χ1n) is 8.97. The van der Waals surface area contributed by atoms with Gasteiger partial charge in [0.15, 0.2) is 0 Å². The molecular weight excluding hydrogens is 364 g/mol. The quantitative estimate of drug-likeness (QED) is 0.580. The largest absolute Gasteiger partial charge is 0.367 e. The van der Waals surface area contributed by atoms with Crippen LogP contribution in [0.2, 0.25) is 0 Å². The highest BCUT2D eigenvalue weighted by atomic mass is 19.3. The van der Waals surface area contributed by atoms with Crippen LogP contribution >= 0.6 is 0 Å². The number of hydrogen-bond donors (Lipinski definition) is 1. The van der Waals surface area contributed by atoms with E-state index in [1.807, 2.05) is 24.4 Å². The fraction of sp³-hybridized carbons (Fsp3) is 0.368. The van der Waals surface area contributed by atoms with Gasteiger partial charge in [0.2, 0.25) is 5.95 Å². The monoisotopic (exact) mass is 385 g/mol. The topological polar surface area (TPSA) is 86.9 Å². The molecule has 3 aromatic heterocycles. The number of halogens is 2. The Hall–Kier alpha value is -3.10. The Labute approximate surface area is 160 Å². The first-order valence-corrected chi connectivity index (χ1v) is 8.97. The lowest BCUT2D eigenvalue weighted by atomic mass is 9.89. The predicted octanol–water partition coefficient (Wildman–Crippen LogP) is 3.58. The first-order chi connectivity index (χ1) is 13.2. The average molecular weight is 385 g/mol. The summed E-state index contributed by atoms with van der Waals surface area (Å²) < 4.78 is 28.6. The molecule has 0 bridgehead atoms. The van der Waals surface area contributed by atoms with Gasteiger partial charge in [-0.2, -0.15) is 0 Å². The standard InChI is InChI=1S/C19H21F2N7/c1-19(2,3)9-14-17-12(6-7-27(17)25-18(22)23-14)11-4-5-13-15(8-11)28(26-24-13)10-16(20)21/h4-8,16H,9-10H2,1-3H3,(H2,22,25). The number of nitrogens with two attached hydrogens (primary N) is 1. The summed E-state index contributed by atoms with van der Waals surface area (Å²) >= 11 is 0. The summed E-state index contributed by atoms with van der Waals surface area (Å²) in [6.07, 6.45) is 0.0415. The SMILES string of the molecule is CC(C)(C)Cc1nc(N)nn2ccc(-c3ccc4nnn(CC(F)F)c4c3)c12. The second-order valence-electron chi connectivity index (χ2n) is 8.04. The van der Waals surface area contributed by atoms with Crippen molar-refractivity contribution in [2.45, 2.75) is 40.2 Å². The van der Waals surface area contributed by atoms with Gasteiger partial charge in [0, 0.05) is 11.8 Å². The van der Waals surface area contributed by atoms with Crippen LogP contribution in [-0.4, -0.2) is 36.0 Å². The van der Waals surface area contributed by atoms with Gasteiger partial charge in [0.05, 0.1) is 16.7 Å². The van der Waals surface area contributed by atoms with E-state index >= 15 is 0 Å². The smallest absolute Gasteiger partial charge is 0.258 e. The molecule has 0 atom stereocenters. The van der Waals surface area contributed by atoms with E-state index in [-0.39, 0.29) is 11.4 Å². The molecule has 0 aliphatic rings. The minimum Gasteiger partial charge on any atom is -0.367 e. The predicted molar refractivity (Wildman–Crippen MR) is 103 cm³/mol. The van der Waals surface area contributed by atoms with Crippen LogP contribution < -0.4 is 5.73 Å². The maximum atomic E-state index is 12.8. The molecule has 0 radical (unpaired) electrons. The van der Waals surface area contributed by atoms with Crippen molar-refractivity contribution in [3.05, 3.63) is 36.2 Å². The maximum Gasteiger partial charge on any atom is 0.258 e. The zero-order valence-electron chi connectivity index (χ0n) is 15.9. The molecule has 0 unspecified atom stereocenters. The number of nitrogens with zero attached hydrogens (tertiary/aromatic N) is 6. The molecule has 0 saturated carbocycles. The molecule has 0 saturated heterocycles. The van der Waals surface area contributed by atoms with E-state index in [1.165, 1.54) is 4.68 Å². The summed E-state index contributed by atoms with van der Waals surface area (Å²) in [6, 6.07) is 7.43. The average Bonchev–Trinajstić information content (AvgIpc) is 3.17. The Morgan fingerprint density at radius 1 is 1.18 bits per heavy atom. The van der Waals surface area contributed by atoms with Crippen LogP contribution in [0, 0.1) is 5.41 Å². The second-order valence-corrected chi connectivity index (χ2v) is 8.04. The van der Waals surface area contributed by atoms with Crippen LogP contribution in [-0.2, 0) is 13.0 Å². The molecule has 0 aliphatic heterocycles. The molecule has 0 spiro atoms. The van der Waals surface area contributed by atoms with Gasteiger partial charge in [0.1, 0.15) is 12.1 Å². The maximum absolute atomic E-state index is 12.8. The molecule has 4 rings (SSSR count). The van der Waals surface area contributed by atoms with Gasteiger partial charge < -0.3 is 5.73 Å². The molecule has 7 nitrogen and oxygen atoms in total. The van der Waals surface area contributed by atoms with Crippen LogP contribution in [0.4, 0.5) is 14.7 Å². The van der Waals surface area contributed by atoms with Crippen LogP contribution in [0.25, 0.3) is 27.7 Å². The number of alkyl halides is 2. The Kier molecular flexibility index (Phi) is 4.24. The fourth-order valence-electron chi connectivity index (χ4n) is 3.37. The fourth-order valence-corrected chi connectivity index (χ4v) is 3.37. The van der Waals surface area contributed by atoms with Gasteiger partial charge in [-0.15, -0.1) is 10.2 Å². The van der Waals surface area contributed by atoms with Crippen molar-refractivity contribution < 1.29 is 8.78 Å². The minimum atomic E-state index is -2.50. The minimum absolute atomic E-state index is 0.00653. The summed E-state index contributed by atoms with van der Waals surface area (Å²) in [4.78, 5) is 4.47. The molecule has 9 heteroatoms. The molecule has 0 amide bonds. The number of anilines is 1. The van der Waals surface area contributed by atoms with Gasteiger partial charge in [-0.3, -0.25) is 0 Å². The first kappa shape index (κ1) is 18.3. The Bertz CT molecular complexity index is 1150. The van der Waals surface area contributed by atoms with Gasteiger partial charge in [-0.1, -0.05) is 32.1 Å². The number of benzene rings is 1. The van der Waals surface area contributed by atoms with E-state index in [0.29, 0.717) is 17.5 Å². The molecule has 3 heterocycles. The number of hydrogen-bond acceptors (Lipinski definition) is 5. The van der Waals surface area contributed by atoms with Crippen LogP contribution in [0.3, 0.4) is 0 Å². The molecule has 28 heavy (non-hydrogen) atoms. The van der Waals surface area contributed by atoms with Crippen molar-refractivity contribution in [1.82, 2.24) is 29.6 Å². The van der Waals surface area contributed by atoms with Crippen molar-refractivity contribution in [3.63, 3.8) is 0 Å². The molecule has 2 N–H and O–H groups in total.